The number of rotatable bonds is 39. The van der Waals surface area contributed by atoms with E-state index in [0.717, 1.165) is 64.2 Å². The summed E-state index contributed by atoms with van der Waals surface area (Å²) in [5, 5.41) is 20.8. The Hall–Kier alpha value is -2.37. The number of aliphatic hydroxyl groups excluding tert-OH is 2. The molecule has 0 saturated heterocycles. The van der Waals surface area contributed by atoms with Crippen molar-refractivity contribution in [1.29, 1.82) is 0 Å². The quantitative estimate of drug-likeness (QED) is 0.0180. The van der Waals surface area contributed by atoms with Gasteiger partial charge in [-0.25, -0.2) is 4.57 Å². The molecule has 0 amide bonds. The fraction of sp³-hybridized carbons (Fsp3) is 0.739. The lowest BCUT2D eigenvalue weighted by atomic mass is 10.0. The number of ether oxygens (including phenoxy) is 2. The monoisotopic (exact) mass is 841 g/mol. The first kappa shape index (κ1) is 55.6. The highest BCUT2D eigenvalue weighted by Crippen LogP contribution is 2.43. The second-order valence-corrected chi connectivity index (χ2v) is 17.5. The summed E-state index contributed by atoms with van der Waals surface area (Å²) < 4.78 is 34.1. The van der Waals surface area contributed by atoms with E-state index in [4.69, 9.17) is 18.5 Å². The van der Waals surface area contributed by atoms with Crippen molar-refractivity contribution < 1.29 is 52.3 Å². The Morgan fingerprint density at radius 3 is 1.74 bits per heavy atom. The van der Waals surface area contributed by atoms with Crippen molar-refractivity contribution in [2.45, 2.75) is 173 Å². The van der Waals surface area contributed by atoms with Crippen LogP contribution in [0.25, 0.3) is 0 Å². The number of esters is 2. The van der Waals surface area contributed by atoms with Crippen LogP contribution in [-0.2, 0) is 32.7 Å². The van der Waals surface area contributed by atoms with E-state index in [9.17, 15) is 29.3 Å². The molecule has 58 heavy (non-hydrogen) atoms. The summed E-state index contributed by atoms with van der Waals surface area (Å²) in [6, 6.07) is 0. The van der Waals surface area contributed by atoms with Gasteiger partial charge in [0.2, 0.25) is 0 Å². The number of likely N-dealkylation sites (N-methyl/N-ethyl adjacent to an activating group) is 1. The smallest absolute Gasteiger partial charge is 0.462 e. The lowest BCUT2D eigenvalue weighted by Gasteiger charge is -2.24. The summed E-state index contributed by atoms with van der Waals surface area (Å²) in [6.45, 7) is 3.93. The molecule has 0 heterocycles. The van der Waals surface area contributed by atoms with E-state index in [2.05, 4.69) is 62.5 Å². The summed E-state index contributed by atoms with van der Waals surface area (Å²) >= 11 is 0. The molecule has 0 spiro atoms. The standard InChI is InChI=1S/C46H82NO10P/c1-6-8-10-12-14-16-18-20-21-22-24-26-28-30-32-36-45(50)54-40-42(41-56-58(52,53)55-39-38-47(3,4)5)57-46(51)37-33-35-44(49)43(48)34-31-29-27-25-23-19-17-15-13-11-9-7-2/h9,11,15,17,20-21,23,25,29,31,42-44,48-49H,6-8,10,12-14,16,18-19,22,24,26-28,30,32-41H2,1-5H3/p+1/b11-9-,17-15-,21-20-,25-23-,31-29-/t42-,43-,44-/m1/s1. The van der Waals surface area contributed by atoms with Crippen LogP contribution in [0.4, 0.5) is 0 Å². The van der Waals surface area contributed by atoms with Crippen molar-refractivity contribution in [3.63, 3.8) is 0 Å². The normalized spacial score (nSPS) is 15.2. The number of aliphatic hydroxyl groups is 2. The summed E-state index contributed by atoms with van der Waals surface area (Å²) in [5.74, 6) is -1.10. The van der Waals surface area contributed by atoms with Gasteiger partial charge in [-0.15, -0.1) is 0 Å². The van der Waals surface area contributed by atoms with Crippen molar-refractivity contribution in [1.82, 2.24) is 0 Å². The first-order valence-electron chi connectivity index (χ1n) is 22.2. The molecule has 11 nitrogen and oxygen atoms in total. The number of allylic oxidation sites excluding steroid dienone is 9. The highest BCUT2D eigenvalue weighted by atomic mass is 31.2. The maximum atomic E-state index is 12.7. The van der Waals surface area contributed by atoms with E-state index in [1.165, 1.54) is 38.5 Å². The molecule has 3 N–H and O–H groups in total. The van der Waals surface area contributed by atoms with Gasteiger partial charge in [0, 0.05) is 12.8 Å². The van der Waals surface area contributed by atoms with Gasteiger partial charge in [0.25, 0.3) is 0 Å². The molecule has 12 heteroatoms. The second kappa shape index (κ2) is 37.6. The van der Waals surface area contributed by atoms with Gasteiger partial charge < -0.3 is 29.1 Å². The fourth-order valence-electron chi connectivity index (χ4n) is 5.62. The average molecular weight is 841 g/mol. The lowest BCUT2D eigenvalue weighted by Crippen LogP contribution is -2.37. The molecule has 0 fully saturated rings. The van der Waals surface area contributed by atoms with Crippen LogP contribution in [0.15, 0.2) is 60.8 Å². The summed E-state index contributed by atoms with van der Waals surface area (Å²) in [7, 11) is 1.29. The number of quaternary nitrogens is 1. The topological polar surface area (TPSA) is 149 Å². The van der Waals surface area contributed by atoms with Crippen molar-refractivity contribution in [2.75, 3.05) is 47.5 Å². The Bertz CT molecular complexity index is 1210. The number of unbranched alkanes of at least 4 members (excludes halogenated alkanes) is 11. The van der Waals surface area contributed by atoms with E-state index >= 15 is 0 Å². The molecular formula is C46H83NO10P+. The number of carbonyl (C=O) groups excluding carboxylic acids is 2. The number of phosphoric acid groups is 1. The number of phosphoric ester groups is 1. The van der Waals surface area contributed by atoms with Crippen LogP contribution in [0.2, 0.25) is 0 Å². The molecule has 0 bridgehead atoms. The third-order valence-corrected chi connectivity index (χ3v) is 10.2. The molecule has 0 aliphatic rings. The van der Waals surface area contributed by atoms with E-state index < -0.39 is 44.7 Å². The second-order valence-electron chi connectivity index (χ2n) is 16.0. The molecule has 0 saturated carbocycles. The maximum absolute atomic E-state index is 12.7. The van der Waals surface area contributed by atoms with Crippen LogP contribution in [0.5, 0.6) is 0 Å². The average Bonchev–Trinajstić information content (AvgIpc) is 3.17. The first-order valence-corrected chi connectivity index (χ1v) is 23.7. The Balaban J connectivity index is 4.63. The minimum atomic E-state index is -4.46. The van der Waals surface area contributed by atoms with Gasteiger partial charge in [0.15, 0.2) is 6.10 Å². The molecule has 4 atom stereocenters. The maximum Gasteiger partial charge on any atom is 0.472 e. The van der Waals surface area contributed by atoms with Gasteiger partial charge in [-0.05, 0) is 77.0 Å². The predicted molar refractivity (Wildman–Crippen MR) is 236 cm³/mol. The van der Waals surface area contributed by atoms with E-state index in [1.54, 1.807) is 0 Å². The number of hydrogen-bond donors (Lipinski definition) is 3. The third-order valence-electron chi connectivity index (χ3n) is 9.23. The van der Waals surface area contributed by atoms with Gasteiger partial charge in [-0.2, -0.15) is 0 Å². The molecule has 336 valence electrons. The minimum Gasteiger partial charge on any atom is -0.462 e. The largest absolute Gasteiger partial charge is 0.472 e. The third kappa shape index (κ3) is 39.1. The Morgan fingerprint density at radius 2 is 1.16 bits per heavy atom. The zero-order chi connectivity index (χ0) is 43.2. The van der Waals surface area contributed by atoms with E-state index in [1.807, 2.05) is 33.3 Å². The lowest BCUT2D eigenvalue weighted by molar-refractivity contribution is -0.870. The minimum absolute atomic E-state index is 0.0247. The number of carbonyl (C=O) groups is 2. The zero-order valence-corrected chi connectivity index (χ0v) is 37.9. The first-order chi connectivity index (χ1) is 27.8. The van der Waals surface area contributed by atoms with Crippen LogP contribution in [-0.4, -0.2) is 97.3 Å². The Morgan fingerprint density at radius 1 is 0.621 bits per heavy atom. The van der Waals surface area contributed by atoms with Crippen LogP contribution >= 0.6 is 7.82 Å². The molecular weight excluding hydrogens is 757 g/mol. The van der Waals surface area contributed by atoms with Crippen molar-refractivity contribution >= 4 is 19.8 Å². The fourth-order valence-corrected chi connectivity index (χ4v) is 6.37. The SMILES string of the molecule is CC/C=C\C/C=C\C/C=C\C/C=C\C[C@@H](O)[C@H](O)CCCC(=O)O[C@H](COC(=O)CCCCCCC/C=C\CCCCCCCC)COP(=O)(O)OCC[N+](C)(C)C. The number of nitrogens with zero attached hydrogens (tertiary/aromatic N) is 1. The summed E-state index contributed by atoms with van der Waals surface area (Å²) in [4.78, 5) is 35.4. The van der Waals surface area contributed by atoms with Gasteiger partial charge in [0.1, 0.15) is 19.8 Å². The molecule has 0 radical (unpaired) electrons. The van der Waals surface area contributed by atoms with Crippen LogP contribution in [0.3, 0.4) is 0 Å². The molecule has 1 unspecified atom stereocenters. The molecule has 0 aliphatic carbocycles. The highest BCUT2D eigenvalue weighted by Gasteiger charge is 2.27. The number of hydrogen-bond acceptors (Lipinski definition) is 9. The molecule has 0 aromatic rings. The Labute approximate surface area is 352 Å². The van der Waals surface area contributed by atoms with Crippen molar-refractivity contribution in [3.8, 4) is 0 Å². The zero-order valence-electron chi connectivity index (χ0n) is 37.0. The van der Waals surface area contributed by atoms with Crippen molar-refractivity contribution in [3.05, 3.63) is 60.8 Å². The summed E-state index contributed by atoms with van der Waals surface area (Å²) in [6.07, 6.45) is 37.3. The van der Waals surface area contributed by atoms with E-state index in [0.29, 0.717) is 17.4 Å². The summed E-state index contributed by atoms with van der Waals surface area (Å²) in [5.41, 5.74) is 0. The Kier molecular flexibility index (Phi) is 36.1. The van der Waals surface area contributed by atoms with Gasteiger partial charge in [0.05, 0.1) is 40.0 Å². The van der Waals surface area contributed by atoms with Gasteiger partial charge in [-0.3, -0.25) is 18.6 Å². The molecule has 0 aromatic carbocycles. The molecule has 0 aliphatic heterocycles. The molecule has 0 rings (SSSR count). The van der Waals surface area contributed by atoms with Crippen LogP contribution < -0.4 is 0 Å². The van der Waals surface area contributed by atoms with Crippen LogP contribution in [0.1, 0.15) is 155 Å². The molecule has 0 aromatic heterocycles. The van der Waals surface area contributed by atoms with E-state index in [-0.39, 0.29) is 45.3 Å². The highest BCUT2D eigenvalue weighted by molar-refractivity contribution is 7.47. The van der Waals surface area contributed by atoms with Crippen LogP contribution in [0, 0.1) is 0 Å². The van der Waals surface area contributed by atoms with Gasteiger partial charge in [-0.1, -0.05) is 126 Å². The van der Waals surface area contributed by atoms with Crippen molar-refractivity contribution in [2.24, 2.45) is 0 Å². The van der Waals surface area contributed by atoms with Gasteiger partial charge >= 0.3 is 19.8 Å². The predicted octanol–water partition coefficient (Wildman–Crippen LogP) is 10.4.